The summed E-state index contributed by atoms with van der Waals surface area (Å²) in [6.45, 7) is 2.12. The molecule has 0 N–H and O–H groups in total. The van der Waals surface area contributed by atoms with Crippen LogP contribution in [0.25, 0.3) is 11.4 Å². The van der Waals surface area contributed by atoms with E-state index in [1.807, 2.05) is 10.8 Å². The summed E-state index contributed by atoms with van der Waals surface area (Å²) in [6, 6.07) is 3.74. The molecule has 6 heteroatoms. The predicted molar refractivity (Wildman–Crippen MR) is 84.6 cm³/mol. The van der Waals surface area contributed by atoms with Crippen molar-refractivity contribution in [2.75, 3.05) is 19.8 Å². The number of halogens is 2. The summed E-state index contributed by atoms with van der Waals surface area (Å²) in [5.74, 6) is -0.581. The standard InChI is InChI=1S/C18H20F2N2O2/c19-14-9-13(10-15(20)11-14)17-21-4-5-22(17)16-1-6-24-18(12-16)2-7-23-8-3-18/h4-5,9-11,16H,1-3,6-8,12H2. The molecule has 3 heterocycles. The first-order valence-corrected chi connectivity index (χ1v) is 8.36. The molecule has 1 unspecified atom stereocenters. The van der Waals surface area contributed by atoms with Crippen LogP contribution in [0.4, 0.5) is 8.78 Å². The molecule has 0 bridgehead atoms. The topological polar surface area (TPSA) is 36.3 Å². The maximum absolute atomic E-state index is 13.6. The molecule has 4 rings (SSSR count). The maximum Gasteiger partial charge on any atom is 0.140 e. The van der Waals surface area contributed by atoms with E-state index in [2.05, 4.69) is 4.98 Å². The van der Waals surface area contributed by atoms with Crippen molar-refractivity contribution in [3.8, 4) is 11.4 Å². The van der Waals surface area contributed by atoms with E-state index in [0.29, 0.717) is 18.0 Å². The van der Waals surface area contributed by atoms with E-state index >= 15 is 0 Å². The van der Waals surface area contributed by atoms with Crippen molar-refractivity contribution in [1.29, 1.82) is 0 Å². The van der Waals surface area contributed by atoms with E-state index in [0.717, 1.165) is 45.0 Å². The van der Waals surface area contributed by atoms with Gasteiger partial charge in [-0.15, -0.1) is 0 Å². The summed E-state index contributed by atoms with van der Waals surface area (Å²) in [5.41, 5.74) is 0.320. The lowest BCUT2D eigenvalue weighted by Crippen LogP contribution is -2.44. The van der Waals surface area contributed by atoms with Crippen LogP contribution in [0.15, 0.2) is 30.6 Å². The minimum Gasteiger partial charge on any atom is -0.381 e. The normalized spacial score (nSPS) is 23.5. The van der Waals surface area contributed by atoms with Crippen molar-refractivity contribution in [3.05, 3.63) is 42.2 Å². The van der Waals surface area contributed by atoms with Gasteiger partial charge in [0.1, 0.15) is 17.5 Å². The Morgan fingerprint density at radius 2 is 1.83 bits per heavy atom. The highest BCUT2D eigenvalue weighted by Gasteiger charge is 2.40. The Balaban J connectivity index is 1.64. The molecule has 2 aromatic rings. The first kappa shape index (κ1) is 15.7. The Morgan fingerprint density at radius 1 is 1.08 bits per heavy atom. The molecule has 1 atom stereocenters. The fraction of sp³-hybridized carbons (Fsp3) is 0.500. The summed E-state index contributed by atoms with van der Waals surface area (Å²) in [4.78, 5) is 4.34. The van der Waals surface area contributed by atoms with Gasteiger partial charge in [-0.05, 0) is 37.8 Å². The molecule has 0 amide bonds. The molecule has 0 saturated carbocycles. The average molecular weight is 334 g/mol. The van der Waals surface area contributed by atoms with Crippen molar-refractivity contribution in [1.82, 2.24) is 9.55 Å². The Morgan fingerprint density at radius 3 is 2.58 bits per heavy atom. The van der Waals surface area contributed by atoms with Crippen molar-refractivity contribution < 1.29 is 18.3 Å². The molecular weight excluding hydrogens is 314 g/mol. The predicted octanol–water partition coefficient (Wildman–Crippen LogP) is 3.73. The third kappa shape index (κ3) is 2.96. The SMILES string of the molecule is Fc1cc(F)cc(-c2nccn2C2CCOC3(CCOCC3)C2)c1. The number of hydrogen-bond acceptors (Lipinski definition) is 3. The van der Waals surface area contributed by atoms with Gasteiger partial charge in [0.05, 0.1) is 5.60 Å². The summed E-state index contributed by atoms with van der Waals surface area (Å²) in [7, 11) is 0. The smallest absolute Gasteiger partial charge is 0.140 e. The molecule has 4 nitrogen and oxygen atoms in total. The number of hydrogen-bond donors (Lipinski definition) is 0. The van der Waals surface area contributed by atoms with Crippen molar-refractivity contribution >= 4 is 0 Å². The largest absolute Gasteiger partial charge is 0.381 e. The maximum atomic E-state index is 13.6. The molecule has 24 heavy (non-hydrogen) atoms. The molecule has 2 fully saturated rings. The Labute approximate surface area is 139 Å². The summed E-state index contributed by atoms with van der Waals surface area (Å²) >= 11 is 0. The van der Waals surface area contributed by atoms with Crippen molar-refractivity contribution in [2.24, 2.45) is 0 Å². The van der Waals surface area contributed by atoms with Crippen LogP contribution in [0, 0.1) is 11.6 Å². The summed E-state index contributed by atoms with van der Waals surface area (Å²) in [6.07, 6.45) is 7.09. The van der Waals surface area contributed by atoms with Gasteiger partial charge in [-0.1, -0.05) is 0 Å². The number of aromatic nitrogens is 2. The number of benzene rings is 1. The molecular formula is C18H20F2N2O2. The minimum atomic E-state index is -0.590. The summed E-state index contributed by atoms with van der Waals surface area (Å²) in [5, 5.41) is 0. The molecule has 1 spiro atoms. The number of rotatable bonds is 2. The van der Waals surface area contributed by atoms with Gasteiger partial charge in [0, 0.05) is 49.9 Å². The van der Waals surface area contributed by atoms with Gasteiger partial charge in [-0.2, -0.15) is 0 Å². The van der Waals surface area contributed by atoms with Gasteiger partial charge in [-0.25, -0.2) is 13.8 Å². The zero-order valence-corrected chi connectivity index (χ0v) is 13.4. The Kier molecular flexibility index (Phi) is 4.10. The van der Waals surface area contributed by atoms with Crippen LogP contribution < -0.4 is 0 Å². The number of nitrogens with zero attached hydrogens (tertiary/aromatic N) is 2. The lowest BCUT2D eigenvalue weighted by atomic mass is 9.84. The van der Waals surface area contributed by atoms with Gasteiger partial charge in [0.15, 0.2) is 0 Å². The fourth-order valence-corrected chi connectivity index (χ4v) is 3.85. The monoisotopic (exact) mass is 334 g/mol. The Hall–Kier alpha value is -1.79. The zero-order chi connectivity index (χ0) is 16.6. The number of imidazole rings is 1. The van der Waals surface area contributed by atoms with E-state index < -0.39 is 11.6 Å². The molecule has 0 radical (unpaired) electrons. The lowest BCUT2D eigenvalue weighted by molar-refractivity contribution is -0.144. The average Bonchev–Trinajstić information content (AvgIpc) is 3.04. The van der Waals surface area contributed by atoms with Crippen LogP contribution in [0.2, 0.25) is 0 Å². The minimum absolute atomic E-state index is 0.143. The fourth-order valence-electron chi connectivity index (χ4n) is 3.85. The molecule has 2 saturated heterocycles. The lowest BCUT2D eigenvalue weighted by Gasteiger charge is -2.43. The van der Waals surface area contributed by atoms with E-state index in [9.17, 15) is 8.78 Å². The highest BCUT2D eigenvalue weighted by Crippen LogP contribution is 2.40. The van der Waals surface area contributed by atoms with Crippen LogP contribution in [0.1, 0.15) is 31.7 Å². The van der Waals surface area contributed by atoms with Gasteiger partial charge in [0.2, 0.25) is 0 Å². The van der Waals surface area contributed by atoms with Crippen LogP contribution >= 0.6 is 0 Å². The highest BCUT2D eigenvalue weighted by atomic mass is 19.1. The second-order valence-corrected chi connectivity index (χ2v) is 6.61. The van der Waals surface area contributed by atoms with Gasteiger partial charge in [-0.3, -0.25) is 0 Å². The van der Waals surface area contributed by atoms with Crippen LogP contribution in [0.3, 0.4) is 0 Å². The Bertz CT molecular complexity index is 700. The summed E-state index contributed by atoms with van der Waals surface area (Å²) < 4.78 is 40.7. The molecule has 2 aliphatic heterocycles. The first-order valence-electron chi connectivity index (χ1n) is 8.36. The first-order chi connectivity index (χ1) is 11.7. The number of ether oxygens (including phenoxy) is 2. The molecule has 0 aliphatic carbocycles. The van der Waals surface area contributed by atoms with Gasteiger partial charge in [0.25, 0.3) is 0 Å². The van der Waals surface area contributed by atoms with E-state index in [1.54, 1.807) is 6.20 Å². The van der Waals surface area contributed by atoms with E-state index in [1.165, 1.54) is 12.1 Å². The molecule has 1 aromatic carbocycles. The highest BCUT2D eigenvalue weighted by molar-refractivity contribution is 5.56. The van der Waals surface area contributed by atoms with Gasteiger partial charge < -0.3 is 14.0 Å². The molecule has 128 valence electrons. The van der Waals surface area contributed by atoms with Crippen molar-refractivity contribution in [2.45, 2.75) is 37.3 Å². The second-order valence-electron chi connectivity index (χ2n) is 6.61. The third-order valence-corrected chi connectivity index (χ3v) is 5.05. The zero-order valence-electron chi connectivity index (χ0n) is 13.4. The van der Waals surface area contributed by atoms with E-state index in [4.69, 9.17) is 9.47 Å². The van der Waals surface area contributed by atoms with Crippen LogP contribution in [0.5, 0.6) is 0 Å². The quantitative estimate of drug-likeness (QED) is 0.840. The van der Waals surface area contributed by atoms with E-state index in [-0.39, 0.29) is 11.6 Å². The van der Waals surface area contributed by atoms with Crippen LogP contribution in [-0.2, 0) is 9.47 Å². The molecule has 1 aromatic heterocycles. The van der Waals surface area contributed by atoms with Gasteiger partial charge >= 0.3 is 0 Å². The third-order valence-electron chi connectivity index (χ3n) is 5.05. The molecule has 2 aliphatic rings. The van der Waals surface area contributed by atoms with Crippen LogP contribution in [-0.4, -0.2) is 35.0 Å². The van der Waals surface area contributed by atoms with Crippen molar-refractivity contribution in [3.63, 3.8) is 0 Å². The second kappa shape index (κ2) is 6.26.